The number of rotatable bonds is 5. The second-order valence-corrected chi connectivity index (χ2v) is 8.30. The van der Waals surface area contributed by atoms with Gasteiger partial charge in [-0.25, -0.2) is 9.37 Å². The molecule has 5 rings (SSSR count). The van der Waals surface area contributed by atoms with Crippen LogP contribution in [0, 0.1) is 5.82 Å². The Labute approximate surface area is 186 Å². The molecule has 1 N–H and O–H groups in total. The first-order valence-corrected chi connectivity index (χ1v) is 10.9. The zero-order chi connectivity index (χ0) is 21.9. The normalized spacial score (nSPS) is 17.0. The fraction of sp³-hybridized carbons (Fsp3) is 0.231. The number of amides is 1. The quantitative estimate of drug-likeness (QED) is 0.517. The number of carbonyl (C=O) groups is 1. The first-order valence-electron chi connectivity index (χ1n) is 10.9. The SMILES string of the molecule is O=C(c1ccc2nc[nH]c2c1)N1CCN(Cc2ccccc2F)CC1Cc1ccccc1. The van der Waals surface area contributed by atoms with E-state index in [1.54, 1.807) is 12.4 Å². The number of aromatic amines is 1. The van der Waals surface area contributed by atoms with Crippen molar-refractivity contribution in [3.63, 3.8) is 0 Å². The predicted octanol–water partition coefficient (Wildman–Crippen LogP) is 4.27. The zero-order valence-corrected chi connectivity index (χ0v) is 17.7. The van der Waals surface area contributed by atoms with Crippen molar-refractivity contribution in [3.05, 3.63) is 102 Å². The molecule has 1 saturated heterocycles. The lowest BCUT2D eigenvalue weighted by Crippen LogP contribution is -2.55. The van der Waals surface area contributed by atoms with E-state index in [0.717, 1.165) is 17.5 Å². The Kier molecular flexibility index (Phi) is 5.69. The number of piperazine rings is 1. The van der Waals surface area contributed by atoms with Gasteiger partial charge in [0, 0.05) is 43.3 Å². The Morgan fingerprint density at radius 3 is 2.69 bits per heavy atom. The lowest BCUT2D eigenvalue weighted by atomic mass is 10.00. The molecule has 1 amide bonds. The largest absolute Gasteiger partial charge is 0.345 e. The maximum Gasteiger partial charge on any atom is 0.254 e. The van der Waals surface area contributed by atoms with Gasteiger partial charge in [-0.3, -0.25) is 9.69 Å². The summed E-state index contributed by atoms with van der Waals surface area (Å²) in [6, 6.07) is 22.7. The number of imidazole rings is 1. The third kappa shape index (κ3) is 4.27. The minimum atomic E-state index is -0.182. The van der Waals surface area contributed by atoms with Crippen molar-refractivity contribution in [1.29, 1.82) is 0 Å². The van der Waals surface area contributed by atoms with Gasteiger partial charge in [-0.2, -0.15) is 0 Å². The molecule has 0 spiro atoms. The highest BCUT2D eigenvalue weighted by atomic mass is 19.1. The molecule has 32 heavy (non-hydrogen) atoms. The highest BCUT2D eigenvalue weighted by Gasteiger charge is 2.31. The molecule has 0 bridgehead atoms. The van der Waals surface area contributed by atoms with Crippen LogP contribution in [0.25, 0.3) is 11.0 Å². The van der Waals surface area contributed by atoms with Crippen LogP contribution >= 0.6 is 0 Å². The molecule has 1 atom stereocenters. The predicted molar refractivity (Wildman–Crippen MR) is 123 cm³/mol. The lowest BCUT2D eigenvalue weighted by Gasteiger charge is -2.42. The molecular formula is C26H25FN4O. The van der Waals surface area contributed by atoms with Gasteiger partial charge >= 0.3 is 0 Å². The van der Waals surface area contributed by atoms with Crippen molar-refractivity contribution in [2.75, 3.05) is 19.6 Å². The summed E-state index contributed by atoms with van der Waals surface area (Å²) in [7, 11) is 0. The molecule has 1 aliphatic heterocycles. The third-order valence-electron chi connectivity index (χ3n) is 6.16. The molecule has 1 aromatic heterocycles. The maximum absolute atomic E-state index is 14.2. The number of H-pyrrole nitrogens is 1. The van der Waals surface area contributed by atoms with E-state index in [2.05, 4.69) is 27.0 Å². The molecule has 6 heteroatoms. The Morgan fingerprint density at radius 2 is 1.84 bits per heavy atom. The smallest absolute Gasteiger partial charge is 0.254 e. The van der Waals surface area contributed by atoms with E-state index in [-0.39, 0.29) is 17.8 Å². The summed E-state index contributed by atoms with van der Waals surface area (Å²) in [4.78, 5) is 25.0. The summed E-state index contributed by atoms with van der Waals surface area (Å²) in [5, 5.41) is 0. The Bertz CT molecular complexity index is 1220. The van der Waals surface area contributed by atoms with Gasteiger partial charge in [-0.05, 0) is 36.2 Å². The van der Waals surface area contributed by atoms with Crippen LogP contribution in [0.4, 0.5) is 4.39 Å². The van der Waals surface area contributed by atoms with E-state index in [4.69, 9.17) is 0 Å². The van der Waals surface area contributed by atoms with Crippen LogP contribution in [0.15, 0.2) is 79.1 Å². The Morgan fingerprint density at radius 1 is 1.03 bits per heavy atom. The average molecular weight is 429 g/mol. The fourth-order valence-electron chi connectivity index (χ4n) is 4.49. The van der Waals surface area contributed by atoms with E-state index in [1.807, 2.05) is 53.4 Å². The van der Waals surface area contributed by atoms with Crippen LogP contribution < -0.4 is 0 Å². The van der Waals surface area contributed by atoms with E-state index in [0.29, 0.717) is 37.3 Å². The van der Waals surface area contributed by atoms with E-state index < -0.39 is 0 Å². The minimum absolute atomic E-state index is 0.00267. The third-order valence-corrected chi connectivity index (χ3v) is 6.16. The number of nitrogens with one attached hydrogen (secondary N) is 1. The molecule has 1 aliphatic rings. The molecule has 0 saturated carbocycles. The zero-order valence-electron chi connectivity index (χ0n) is 17.7. The van der Waals surface area contributed by atoms with Gasteiger partial charge in [0.05, 0.1) is 17.4 Å². The lowest BCUT2D eigenvalue weighted by molar-refractivity contribution is 0.0436. The number of hydrogen-bond donors (Lipinski definition) is 1. The first-order chi connectivity index (χ1) is 15.7. The van der Waals surface area contributed by atoms with Crippen LogP contribution in [-0.2, 0) is 13.0 Å². The Hall–Kier alpha value is -3.51. The number of fused-ring (bicyclic) bond motifs is 1. The first kappa shape index (κ1) is 20.4. The number of carbonyl (C=O) groups excluding carboxylic acids is 1. The molecule has 162 valence electrons. The second-order valence-electron chi connectivity index (χ2n) is 8.30. The van der Waals surface area contributed by atoms with Crippen LogP contribution in [0.1, 0.15) is 21.5 Å². The summed E-state index contributed by atoms with van der Waals surface area (Å²) < 4.78 is 14.2. The van der Waals surface area contributed by atoms with Gasteiger partial charge in [0.25, 0.3) is 5.91 Å². The van der Waals surface area contributed by atoms with Gasteiger partial charge in [0.2, 0.25) is 0 Å². The van der Waals surface area contributed by atoms with Crippen LogP contribution in [0.2, 0.25) is 0 Å². The molecule has 1 unspecified atom stereocenters. The molecule has 0 aliphatic carbocycles. The summed E-state index contributed by atoms with van der Waals surface area (Å²) in [6.07, 6.45) is 2.39. The van der Waals surface area contributed by atoms with Crippen molar-refractivity contribution in [1.82, 2.24) is 19.8 Å². The van der Waals surface area contributed by atoms with Crippen molar-refractivity contribution >= 4 is 16.9 Å². The molecule has 1 fully saturated rings. The van der Waals surface area contributed by atoms with Crippen molar-refractivity contribution in [3.8, 4) is 0 Å². The summed E-state index contributed by atoms with van der Waals surface area (Å²) in [5.41, 5.74) is 4.23. The van der Waals surface area contributed by atoms with E-state index in [1.165, 1.54) is 11.6 Å². The average Bonchev–Trinajstić information content (AvgIpc) is 3.29. The molecular weight excluding hydrogens is 403 g/mol. The Balaban J connectivity index is 1.39. The van der Waals surface area contributed by atoms with E-state index >= 15 is 0 Å². The van der Waals surface area contributed by atoms with Gasteiger partial charge in [-0.1, -0.05) is 48.5 Å². The van der Waals surface area contributed by atoms with Crippen LogP contribution in [0.5, 0.6) is 0 Å². The number of halogens is 1. The van der Waals surface area contributed by atoms with Crippen molar-refractivity contribution in [2.45, 2.75) is 19.0 Å². The molecule has 2 heterocycles. The highest BCUT2D eigenvalue weighted by Crippen LogP contribution is 2.22. The minimum Gasteiger partial charge on any atom is -0.345 e. The van der Waals surface area contributed by atoms with Gasteiger partial charge < -0.3 is 9.88 Å². The molecule has 5 nitrogen and oxygen atoms in total. The second kappa shape index (κ2) is 8.93. The summed E-state index contributed by atoms with van der Waals surface area (Å²) in [6.45, 7) is 2.55. The fourth-order valence-corrected chi connectivity index (χ4v) is 4.49. The van der Waals surface area contributed by atoms with Crippen molar-refractivity contribution in [2.24, 2.45) is 0 Å². The number of nitrogens with zero attached hydrogens (tertiary/aromatic N) is 3. The molecule has 0 radical (unpaired) electrons. The van der Waals surface area contributed by atoms with Gasteiger partial charge in [-0.15, -0.1) is 0 Å². The molecule has 4 aromatic rings. The van der Waals surface area contributed by atoms with Crippen LogP contribution in [0.3, 0.4) is 0 Å². The molecule has 3 aromatic carbocycles. The number of hydrogen-bond acceptors (Lipinski definition) is 3. The van der Waals surface area contributed by atoms with Gasteiger partial charge in [0.1, 0.15) is 5.82 Å². The maximum atomic E-state index is 14.2. The number of benzene rings is 3. The monoisotopic (exact) mass is 428 g/mol. The highest BCUT2D eigenvalue weighted by molar-refractivity contribution is 5.97. The summed E-state index contributed by atoms with van der Waals surface area (Å²) >= 11 is 0. The van der Waals surface area contributed by atoms with Crippen LogP contribution in [-0.4, -0.2) is 51.4 Å². The van der Waals surface area contributed by atoms with E-state index in [9.17, 15) is 9.18 Å². The standard InChI is InChI=1S/C26H25FN4O/c27-23-9-5-4-8-21(23)16-30-12-13-31(22(17-30)14-19-6-2-1-3-7-19)26(32)20-10-11-24-25(15-20)29-18-28-24/h1-11,15,18,22H,12-14,16-17H2,(H,28,29). The van der Waals surface area contributed by atoms with Gasteiger partial charge in [0.15, 0.2) is 0 Å². The number of aromatic nitrogens is 2. The topological polar surface area (TPSA) is 52.2 Å². The summed E-state index contributed by atoms with van der Waals surface area (Å²) in [5.74, 6) is -0.161. The van der Waals surface area contributed by atoms with Crippen molar-refractivity contribution < 1.29 is 9.18 Å².